The molecule has 1 aliphatic rings. The Hall–Kier alpha value is -1.51. The maximum Gasteiger partial charge on any atom is 0.217 e. The Labute approximate surface area is 141 Å². The predicted octanol–water partition coefficient (Wildman–Crippen LogP) is -0.420. The summed E-state index contributed by atoms with van der Waals surface area (Å²) in [6.45, 7) is 1.22. The zero-order chi connectivity index (χ0) is 17.5. The topological polar surface area (TPSA) is 108 Å². The quantitative estimate of drug-likeness (QED) is 0.503. The number of ether oxygens (including phenoxy) is 2. The van der Waals surface area contributed by atoms with E-state index in [2.05, 4.69) is 5.32 Å². The number of aryl methyl sites for hydroxylation is 1. The van der Waals surface area contributed by atoms with E-state index in [4.69, 9.17) is 9.47 Å². The van der Waals surface area contributed by atoms with Crippen molar-refractivity contribution in [3.8, 4) is 0 Å². The molecule has 1 aromatic rings. The van der Waals surface area contributed by atoms with Crippen molar-refractivity contribution in [3.05, 3.63) is 35.9 Å². The number of nitrogens with one attached hydrogen (secondary N) is 1. The Bertz CT molecular complexity index is 511. The van der Waals surface area contributed by atoms with Crippen LogP contribution in [0.15, 0.2) is 30.3 Å². The average Bonchev–Trinajstić information content (AvgIpc) is 2.58. The molecular weight excluding hydrogens is 314 g/mol. The van der Waals surface area contributed by atoms with Gasteiger partial charge in [0.25, 0.3) is 0 Å². The van der Waals surface area contributed by atoms with E-state index in [1.165, 1.54) is 12.5 Å². The van der Waals surface area contributed by atoms with Gasteiger partial charge in [0.1, 0.15) is 24.4 Å². The van der Waals surface area contributed by atoms with Crippen molar-refractivity contribution < 1.29 is 29.6 Å². The van der Waals surface area contributed by atoms with Crippen LogP contribution in [0.5, 0.6) is 0 Å². The Balaban J connectivity index is 1.90. The van der Waals surface area contributed by atoms with Crippen molar-refractivity contribution in [2.24, 2.45) is 0 Å². The third kappa shape index (κ3) is 4.99. The lowest BCUT2D eigenvalue weighted by atomic mass is 9.97. The largest absolute Gasteiger partial charge is 0.394 e. The third-order valence-corrected chi connectivity index (χ3v) is 3.99. The van der Waals surface area contributed by atoms with Crippen LogP contribution in [0.25, 0.3) is 0 Å². The number of rotatable bonds is 7. The molecule has 5 unspecified atom stereocenters. The van der Waals surface area contributed by atoms with E-state index in [0.29, 0.717) is 6.61 Å². The Kier molecular flexibility index (Phi) is 7.14. The van der Waals surface area contributed by atoms with Gasteiger partial charge in [-0.2, -0.15) is 0 Å². The van der Waals surface area contributed by atoms with Crippen LogP contribution in [0.1, 0.15) is 18.9 Å². The summed E-state index contributed by atoms with van der Waals surface area (Å²) in [7, 11) is 0. The SMILES string of the molecule is CC(=O)NC1C(OCCCc2ccccc2)OC(CO)C(O)C1O. The molecule has 0 spiro atoms. The van der Waals surface area contributed by atoms with E-state index in [0.717, 1.165) is 12.8 Å². The number of hydrogen-bond acceptors (Lipinski definition) is 6. The summed E-state index contributed by atoms with van der Waals surface area (Å²) in [5.41, 5.74) is 1.19. The van der Waals surface area contributed by atoms with Crippen LogP contribution in [0.3, 0.4) is 0 Å². The summed E-state index contributed by atoms with van der Waals surface area (Å²) in [5.74, 6) is -0.366. The first kappa shape index (κ1) is 18.8. The Morgan fingerprint density at radius 3 is 2.58 bits per heavy atom. The lowest BCUT2D eigenvalue weighted by Crippen LogP contribution is -2.64. The first-order valence-electron chi connectivity index (χ1n) is 8.08. The minimum absolute atomic E-state index is 0.358. The van der Waals surface area contributed by atoms with Crippen molar-refractivity contribution in [3.63, 3.8) is 0 Å². The molecule has 1 amide bonds. The first-order chi connectivity index (χ1) is 11.5. The summed E-state index contributed by atoms with van der Waals surface area (Å²) in [6.07, 6.45) is -2.90. The highest BCUT2D eigenvalue weighted by Crippen LogP contribution is 2.22. The van der Waals surface area contributed by atoms with E-state index >= 15 is 0 Å². The molecule has 4 N–H and O–H groups in total. The molecule has 0 bridgehead atoms. The molecule has 0 radical (unpaired) electrons. The van der Waals surface area contributed by atoms with Crippen LogP contribution in [0, 0.1) is 0 Å². The van der Waals surface area contributed by atoms with Gasteiger partial charge in [0.15, 0.2) is 6.29 Å². The van der Waals surface area contributed by atoms with Gasteiger partial charge in [0.2, 0.25) is 5.91 Å². The molecule has 1 fully saturated rings. The van der Waals surface area contributed by atoms with Crippen LogP contribution in [-0.4, -0.2) is 65.1 Å². The molecule has 0 aliphatic carbocycles. The number of amides is 1. The molecule has 0 saturated carbocycles. The van der Waals surface area contributed by atoms with Gasteiger partial charge < -0.3 is 30.1 Å². The summed E-state index contributed by atoms with van der Waals surface area (Å²) < 4.78 is 11.1. The molecule has 1 saturated heterocycles. The van der Waals surface area contributed by atoms with Crippen molar-refractivity contribution in [1.29, 1.82) is 0 Å². The summed E-state index contributed by atoms with van der Waals surface area (Å²) in [6, 6.07) is 9.05. The van der Waals surface area contributed by atoms with Crippen molar-refractivity contribution in [2.75, 3.05) is 13.2 Å². The fourth-order valence-corrected chi connectivity index (χ4v) is 2.73. The lowest BCUT2D eigenvalue weighted by molar-refractivity contribution is -0.270. The maximum atomic E-state index is 11.3. The third-order valence-electron chi connectivity index (χ3n) is 3.99. The molecule has 7 nitrogen and oxygen atoms in total. The van der Waals surface area contributed by atoms with Gasteiger partial charge in [-0.3, -0.25) is 4.79 Å². The fourth-order valence-electron chi connectivity index (χ4n) is 2.73. The minimum atomic E-state index is -1.30. The van der Waals surface area contributed by atoms with Crippen LogP contribution in [-0.2, 0) is 20.7 Å². The number of benzene rings is 1. The predicted molar refractivity (Wildman–Crippen MR) is 86.1 cm³/mol. The molecule has 5 atom stereocenters. The molecule has 7 heteroatoms. The van der Waals surface area contributed by atoms with Gasteiger partial charge in [-0.05, 0) is 18.4 Å². The Morgan fingerprint density at radius 2 is 1.96 bits per heavy atom. The van der Waals surface area contributed by atoms with E-state index in [-0.39, 0.29) is 5.91 Å². The molecule has 1 aliphatic heterocycles. The van der Waals surface area contributed by atoms with E-state index in [1.54, 1.807) is 0 Å². The van der Waals surface area contributed by atoms with Gasteiger partial charge in [-0.25, -0.2) is 0 Å². The number of carbonyl (C=O) groups is 1. The normalized spacial score (nSPS) is 30.1. The van der Waals surface area contributed by atoms with Gasteiger partial charge >= 0.3 is 0 Å². The highest BCUT2D eigenvalue weighted by molar-refractivity contribution is 5.73. The van der Waals surface area contributed by atoms with Crippen molar-refractivity contribution >= 4 is 5.91 Å². The second kappa shape index (κ2) is 9.10. The lowest BCUT2D eigenvalue weighted by Gasteiger charge is -2.42. The standard InChI is InChI=1S/C17H25NO6/c1-11(20)18-14-16(22)15(21)13(10-19)24-17(14)23-9-5-8-12-6-3-2-4-7-12/h2-4,6-7,13-17,19,21-22H,5,8-10H2,1H3,(H,18,20). The maximum absolute atomic E-state index is 11.3. The number of carbonyl (C=O) groups excluding carboxylic acids is 1. The zero-order valence-electron chi connectivity index (χ0n) is 13.7. The number of hydrogen-bond donors (Lipinski definition) is 4. The highest BCUT2D eigenvalue weighted by atomic mass is 16.7. The van der Waals surface area contributed by atoms with Crippen molar-refractivity contribution in [1.82, 2.24) is 5.32 Å². The second-order valence-corrected chi connectivity index (χ2v) is 5.89. The second-order valence-electron chi connectivity index (χ2n) is 5.89. The Morgan fingerprint density at radius 1 is 1.25 bits per heavy atom. The van der Waals surface area contributed by atoms with Crippen LogP contribution >= 0.6 is 0 Å². The molecule has 1 aromatic carbocycles. The number of aliphatic hydroxyl groups is 3. The van der Waals surface area contributed by atoms with Crippen molar-refractivity contribution in [2.45, 2.75) is 50.4 Å². The van der Waals surface area contributed by atoms with Gasteiger partial charge in [-0.15, -0.1) is 0 Å². The van der Waals surface area contributed by atoms with Crippen LogP contribution in [0.2, 0.25) is 0 Å². The smallest absolute Gasteiger partial charge is 0.217 e. The summed E-state index contributed by atoms with van der Waals surface area (Å²) in [5, 5.41) is 31.9. The molecule has 1 heterocycles. The van der Waals surface area contributed by atoms with E-state index in [9.17, 15) is 20.1 Å². The molecule has 2 rings (SSSR count). The van der Waals surface area contributed by atoms with E-state index < -0.39 is 37.3 Å². The van der Waals surface area contributed by atoms with Gasteiger partial charge in [0, 0.05) is 6.92 Å². The summed E-state index contributed by atoms with van der Waals surface area (Å²) >= 11 is 0. The number of aliphatic hydroxyl groups excluding tert-OH is 3. The van der Waals surface area contributed by atoms with Crippen LogP contribution in [0.4, 0.5) is 0 Å². The van der Waals surface area contributed by atoms with E-state index in [1.807, 2.05) is 30.3 Å². The fraction of sp³-hybridized carbons (Fsp3) is 0.588. The average molecular weight is 339 g/mol. The minimum Gasteiger partial charge on any atom is -0.394 e. The zero-order valence-corrected chi connectivity index (χ0v) is 13.7. The van der Waals surface area contributed by atoms with Crippen LogP contribution < -0.4 is 5.32 Å². The summed E-state index contributed by atoms with van der Waals surface area (Å²) in [4.78, 5) is 11.3. The molecular formula is C17H25NO6. The highest BCUT2D eigenvalue weighted by Gasteiger charge is 2.45. The first-order valence-corrected chi connectivity index (χ1v) is 8.08. The molecule has 24 heavy (non-hydrogen) atoms. The monoisotopic (exact) mass is 339 g/mol. The molecule has 0 aromatic heterocycles. The molecule has 134 valence electrons. The van der Waals surface area contributed by atoms with Gasteiger partial charge in [0.05, 0.1) is 13.2 Å². The van der Waals surface area contributed by atoms with Gasteiger partial charge in [-0.1, -0.05) is 30.3 Å².